The molecule has 15 heavy (non-hydrogen) atoms. The number of hydrogen-bond acceptors (Lipinski definition) is 1. The lowest BCUT2D eigenvalue weighted by atomic mass is 9.93. The van der Waals surface area contributed by atoms with Gasteiger partial charge in [0, 0.05) is 6.04 Å². The molecule has 1 unspecified atom stereocenters. The molecule has 0 aliphatic rings. The Kier molecular flexibility index (Phi) is 5.76. The van der Waals surface area contributed by atoms with Crippen LogP contribution in [0.2, 0.25) is 0 Å². The van der Waals surface area contributed by atoms with Gasteiger partial charge in [-0.2, -0.15) is 0 Å². The first kappa shape index (κ1) is 14.3. The highest BCUT2D eigenvalue weighted by molar-refractivity contribution is 5.85. The van der Waals surface area contributed by atoms with E-state index in [1.54, 1.807) is 0 Å². The summed E-state index contributed by atoms with van der Waals surface area (Å²) in [5.41, 5.74) is 6.53. The molecule has 1 aromatic rings. The summed E-state index contributed by atoms with van der Waals surface area (Å²) in [5.74, 6) is -1.40. The van der Waals surface area contributed by atoms with E-state index < -0.39 is 11.6 Å². The Hall–Kier alpha value is -0.670. The average molecular weight is 236 g/mol. The Balaban J connectivity index is 0.00000196. The first-order valence-corrected chi connectivity index (χ1v) is 4.76. The van der Waals surface area contributed by atoms with Gasteiger partial charge in [-0.25, -0.2) is 8.78 Å². The van der Waals surface area contributed by atoms with Crippen molar-refractivity contribution in [3.05, 3.63) is 35.4 Å². The van der Waals surface area contributed by atoms with Crippen molar-refractivity contribution in [3.8, 4) is 0 Å². The van der Waals surface area contributed by atoms with Gasteiger partial charge in [-0.3, -0.25) is 0 Å². The number of hydrogen-bond donors (Lipinski definition) is 1. The summed E-state index contributed by atoms with van der Waals surface area (Å²) in [4.78, 5) is 0. The molecular weight excluding hydrogens is 220 g/mol. The van der Waals surface area contributed by atoms with Crippen LogP contribution in [0.5, 0.6) is 0 Å². The Morgan fingerprint density at radius 2 is 1.87 bits per heavy atom. The lowest BCUT2D eigenvalue weighted by Crippen LogP contribution is -2.18. The SMILES string of the molecule is CCC(C)[C@H](N)c1ccc(F)c(F)c1.Cl. The Morgan fingerprint density at radius 1 is 1.27 bits per heavy atom. The van der Waals surface area contributed by atoms with E-state index in [2.05, 4.69) is 0 Å². The van der Waals surface area contributed by atoms with Gasteiger partial charge < -0.3 is 5.73 Å². The first-order chi connectivity index (χ1) is 6.56. The minimum Gasteiger partial charge on any atom is -0.324 e. The fraction of sp³-hybridized carbons (Fsp3) is 0.455. The number of rotatable bonds is 3. The molecule has 1 aromatic carbocycles. The van der Waals surface area contributed by atoms with Crippen molar-refractivity contribution >= 4 is 12.4 Å². The normalized spacial score (nSPS) is 14.2. The van der Waals surface area contributed by atoms with Crippen molar-refractivity contribution in [1.29, 1.82) is 0 Å². The highest BCUT2D eigenvalue weighted by Gasteiger charge is 2.14. The molecule has 0 saturated heterocycles. The molecule has 86 valence electrons. The van der Waals surface area contributed by atoms with Crippen LogP contribution in [0.4, 0.5) is 8.78 Å². The van der Waals surface area contributed by atoms with E-state index in [1.807, 2.05) is 13.8 Å². The molecule has 0 aliphatic heterocycles. The molecule has 1 rings (SSSR count). The molecule has 2 atom stereocenters. The summed E-state index contributed by atoms with van der Waals surface area (Å²) < 4.78 is 25.5. The molecule has 4 heteroatoms. The fourth-order valence-corrected chi connectivity index (χ4v) is 1.30. The van der Waals surface area contributed by atoms with E-state index >= 15 is 0 Å². The van der Waals surface area contributed by atoms with Gasteiger partial charge >= 0.3 is 0 Å². The van der Waals surface area contributed by atoms with E-state index in [1.165, 1.54) is 12.1 Å². The minimum absolute atomic E-state index is 0. The minimum atomic E-state index is -0.832. The van der Waals surface area contributed by atoms with Crippen LogP contribution < -0.4 is 5.73 Å². The summed E-state index contributed by atoms with van der Waals surface area (Å²) in [5, 5.41) is 0. The van der Waals surface area contributed by atoms with E-state index in [9.17, 15) is 8.78 Å². The maximum absolute atomic E-state index is 12.9. The Morgan fingerprint density at radius 3 is 2.33 bits per heavy atom. The maximum Gasteiger partial charge on any atom is 0.159 e. The second-order valence-electron chi connectivity index (χ2n) is 3.58. The van der Waals surface area contributed by atoms with Crippen LogP contribution in [0.25, 0.3) is 0 Å². The third kappa shape index (κ3) is 3.43. The van der Waals surface area contributed by atoms with Crippen LogP contribution >= 0.6 is 12.4 Å². The van der Waals surface area contributed by atoms with E-state index in [0.29, 0.717) is 5.56 Å². The van der Waals surface area contributed by atoms with Crippen molar-refractivity contribution in [3.63, 3.8) is 0 Å². The summed E-state index contributed by atoms with van der Waals surface area (Å²) >= 11 is 0. The molecule has 1 nitrogen and oxygen atoms in total. The van der Waals surface area contributed by atoms with Crippen molar-refractivity contribution in [2.24, 2.45) is 11.7 Å². The van der Waals surface area contributed by atoms with Crippen LogP contribution in [-0.2, 0) is 0 Å². The van der Waals surface area contributed by atoms with Crippen LogP contribution in [0.15, 0.2) is 18.2 Å². The summed E-state index contributed by atoms with van der Waals surface area (Å²) in [7, 11) is 0. The van der Waals surface area contributed by atoms with Crippen LogP contribution in [0, 0.1) is 17.6 Å². The number of nitrogens with two attached hydrogens (primary N) is 1. The smallest absolute Gasteiger partial charge is 0.159 e. The van der Waals surface area contributed by atoms with Gasteiger partial charge in [-0.1, -0.05) is 26.3 Å². The highest BCUT2D eigenvalue weighted by atomic mass is 35.5. The van der Waals surface area contributed by atoms with Crippen molar-refractivity contribution in [2.75, 3.05) is 0 Å². The number of halogens is 3. The van der Waals surface area contributed by atoms with Crippen molar-refractivity contribution in [2.45, 2.75) is 26.3 Å². The second kappa shape index (κ2) is 6.03. The van der Waals surface area contributed by atoms with Gasteiger partial charge in [0.2, 0.25) is 0 Å². The van der Waals surface area contributed by atoms with Gasteiger partial charge in [0.05, 0.1) is 0 Å². The molecule has 0 bridgehead atoms. The largest absolute Gasteiger partial charge is 0.324 e. The number of benzene rings is 1. The van der Waals surface area contributed by atoms with Crippen LogP contribution in [0.3, 0.4) is 0 Å². The van der Waals surface area contributed by atoms with Crippen LogP contribution in [0.1, 0.15) is 31.9 Å². The van der Waals surface area contributed by atoms with Crippen molar-refractivity contribution in [1.82, 2.24) is 0 Å². The predicted molar refractivity (Wildman–Crippen MR) is 60.0 cm³/mol. The third-order valence-electron chi connectivity index (χ3n) is 2.59. The van der Waals surface area contributed by atoms with Crippen LogP contribution in [-0.4, -0.2) is 0 Å². The Labute approximate surface area is 95.1 Å². The molecule has 0 heterocycles. The molecule has 0 radical (unpaired) electrons. The predicted octanol–water partition coefficient (Wildman–Crippen LogP) is 3.43. The fourth-order valence-electron chi connectivity index (χ4n) is 1.30. The molecular formula is C11H16ClF2N. The standard InChI is InChI=1S/C11H15F2N.ClH/c1-3-7(2)11(14)8-4-5-9(12)10(13)6-8;/h4-7,11H,3,14H2,1-2H3;1H/t7?,11-;/m0./s1. The second-order valence-corrected chi connectivity index (χ2v) is 3.58. The molecule has 0 spiro atoms. The average Bonchev–Trinajstić information content (AvgIpc) is 2.20. The van der Waals surface area contributed by atoms with Gasteiger partial charge in [-0.05, 0) is 23.6 Å². The van der Waals surface area contributed by atoms with Gasteiger partial charge in [0.25, 0.3) is 0 Å². The molecule has 2 N–H and O–H groups in total. The zero-order chi connectivity index (χ0) is 10.7. The van der Waals surface area contributed by atoms with E-state index in [-0.39, 0.29) is 24.4 Å². The molecule has 0 aromatic heterocycles. The quantitative estimate of drug-likeness (QED) is 0.854. The zero-order valence-corrected chi connectivity index (χ0v) is 9.65. The molecule has 0 fully saturated rings. The topological polar surface area (TPSA) is 26.0 Å². The highest BCUT2D eigenvalue weighted by Crippen LogP contribution is 2.22. The zero-order valence-electron chi connectivity index (χ0n) is 8.84. The summed E-state index contributed by atoms with van der Waals surface area (Å²) in [6.07, 6.45) is 0.917. The third-order valence-corrected chi connectivity index (χ3v) is 2.59. The molecule has 0 aliphatic carbocycles. The summed E-state index contributed by atoms with van der Waals surface area (Å²) in [6, 6.07) is 3.60. The monoisotopic (exact) mass is 235 g/mol. The van der Waals surface area contributed by atoms with Gasteiger partial charge in [0.15, 0.2) is 11.6 Å². The van der Waals surface area contributed by atoms with E-state index in [4.69, 9.17) is 5.73 Å². The van der Waals surface area contributed by atoms with E-state index in [0.717, 1.165) is 12.5 Å². The van der Waals surface area contributed by atoms with Gasteiger partial charge in [0.1, 0.15) is 0 Å². The molecule has 0 amide bonds. The summed E-state index contributed by atoms with van der Waals surface area (Å²) in [6.45, 7) is 4.01. The molecule has 0 saturated carbocycles. The maximum atomic E-state index is 12.9. The van der Waals surface area contributed by atoms with Crippen molar-refractivity contribution < 1.29 is 8.78 Å². The lowest BCUT2D eigenvalue weighted by molar-refractivity contribution is 0.450. The first-order valence-electron chi connectivity index (χ1n) is 4.76. The Bertz CT molecular complexity index is 317. The lowest BCUT2D eigenvalue weighted by Gasteiger charge is -2.18. The van der Waals surface area contributed by atoms with Gasteiger partial charge in [-0.15, -0.1) is 12.4 Å².